The molecule has 0 atom stereocenters. The van der Waals surface area contributed by atoms with Crippen LogP contribution in [-0.4, -0.2) is 84.3 Å². The summed E-state index contributed by atoms with van der Waals surface area (Å²) in [6.07, 6.45) is 5.81. The predicted molar refractivity (Wildman–Crippen MR) is 215 cm³/mol. The normalized spacial score (nSPS) is 17.4. The van der Waals surface area contributed by atoms with Crippen molar-refractivity contribution in [2.75, 3.05) is 37.7 Å². The average molecular weight is 812 g/mol. The number of barbiturate groups is 2. The molecule has 17 nitrogen and oxygen atoms in total. The lowest BCUT2D eigenvalue weighted by atomic mass is 9.76. The number of anilines is 1. The zero-order valence-corrected chi connectivity index (χ0v) is 33.1. The number of nitro groups is 1. The van der Waals surface area contributed by atoms with E-state index in [9.17, 15) is 43.7 Å². The largest absolute Gasteiger partial charge is 0.466 e. The molecule has 0 unspecified atom stereocenters. The van der Waals surface area contributed by atoms with Crippen LogP contribution < -0.4 is 26.2 Å². The fourth-order valence-corrected chi connectivity index (χ4v) is 7.59. The number of nitrogens with zero attached hydrogens (tertiary/aromatic N) is 3. The third-order valence-electron chi connectivity index (χ3n) is 10.7. The fourth-order valence-electron chi connectivity index (χ4n) is 7.59. The highest BCUT2D eigenvalue weighted by Gasteiger charge is 2.56. The first-order valence-electron chi connectivity index (χ1n) is 19.8. The van der Waals surface area contributed by atoms with Crippen LogP contribution in [0.15, 0.2) is 78.9 Å². The standard InChI is InChI=1S/C26H23N5O5.C16H26N2O5/c32-23-26(24(33)28-25(34)27-23,20-8-6-19(7-9-20)18-4-2-1-3-5-18)30-16-14-29(15-17-30)21-10-12-22(13-11-21)31(35)36;1-3-5-6-7-8-9-10-16(11-12(19)23-4-2)13(20)17-15(22)18-14(16)21/h1-13H,14-17H2,(H2,27,28,32,33,34);3-11H2,1-2H3,(H2,17,18,20,21,22). The van der Waals surface area contributed by atoms with Gasteiger partial charge in [-0.1, -0.05) is 100 Å². The first-order chi connectivity index (χ1) is 28.3. The molecule has 0 aliphatic carbocycles. The van der Waals surface area contributed by atoms with Gasteiger partial charge in [-0.3, -0.25) is 60.3 Å². The number of hydrogen-bond donors (Lipinski definition) is 4. The maximum Gasteiger partial charge on any atom is 0.328 e. The minimum atomic E-state index is -1.70. The van der Waals surface area contributed by atoms with E-state index in [2.05, 4.69) is 28.2 Å². The summed E-state index contributed by atoms with van der Waals surface area (Å²) in [5, 5.41) is 19.7. The summed E-state index contributed by atoms with van der Waals surface area (Å²) in [6, 6.07) is 21.5. The van der Waals surface area contributed by atoms with E-state index < -0.39 is 57.5 Å². The number of nitro benzene ring substituents is 1. The van der Waals surface area contributed by atoms with E-state index in [-0.39, 0.29) is 25.1 Å². The van der Waals surface area contributed by atoms with Crippen molar-refractivity contribution in [3.63, 3.8) is 0 Å². The predicted octanol–water partition coefficient (Wildman–Crippen LogP) is 4.69. The molecule has 0 bridgehead atoms. The molecule has 59 heavy (non-hydrogen) atoms. The number of imide groups is 4. The molecule has 4 N–H and O–H groups in total. The lowest BCUT2D eigenvalue weighted by Gasteiger charge is -2.47. The number of ether oxygens (including phenoxy) is 1. The van der Waals surface area contributed by atoms with Crippen molar-refractivity contribution in [1.82, 2.24) is 26.2 Å². The number of carbonyl (C=O) groups is 7. The van der Waals surface area contributed by atoms with Gasteiger partial charge in [0.15, 0.2) is 0 Å². The van der Waals surface area contributed by atoms with Crippen LogP contribution in [0.3, 0.4) is 0 Å². The highest BCUT2D eigenvalue weighted by molar-refractivity contribution is 6.23. The van der Waals surface area contributed by atoms with Crippen molar-refractivity contribution in [2.24, 2.45) is 5.41 Å². The van der Waals surface area contributed by atoms with E-state index in [1.807, 2.05) is 47.4 Å². The number of urea groups is 2. The average Bonchev–Trinajstić information content (AvgIpc) is 3.22. The third kappa shape index (κ3) is 9.97. The summed E-state index contributed by atoms with van der Waals surface area (Å²) in [5.41, 5.74) is -0.0266. The SMILES string of the molecule is CCCCCCCCC1(CC(=O)OCC)C(=O)NC(=O)NC1=O.O=C1NC(=O)C(c2ccc(-c3ccccc3)cc2)(N2CCN(c3ccc([N+](=O)[O-])cc3)CC2)C(=O)N1. The number of carbonyl (C=O) groups excluding carboxylic acids is 7. The van der Waals surface area contributed by atoms with Crippen molar-refractivity contribution in [3.05, 3.63) is 94.5 Å². The van der Waals surface area contributed by atoms with Crippen LogP contribution in [-0.2, 0) is 34.2 Å². The monoisotopic (exact) mass is 811 g/mol. The van der Waals surface area contributed by atoms with Gasteiger partial charge in [-0.2, -0.15) is 0 Å². The molecule has 3 fully saturated rings. The van der Waals surface area contributed by atoms with Gasteiger partial charge in [-0.25, -0.2) is 9.59 Å². The molecular formula is C42H49N7O10. The summed E-state index contributed by atoms with van der Waals surface area (Å²) >= 11 is 0. The fraction of sp³-hybridized carbons (Fsp3) is 0.405. The molecule has 3 heterocycles. The highest BCUT2D eigenvalue weighted by Crippen LogP contribution is 2.35. The van der Waals surface area contributed by atoms with E-state index >= 15 is 0 Å². The molecule has 3 aliphatic heterocycles. The number of benzene rings is 3. The van der Waals surface area contributed by atoms with Crippen LogP contribution in [0.1, 0.15) is 70.8 Å². The summed E-state index contributed by atoms with van der Waals surface area (Å²) in [5.74, 6) is -3.42. The van der Waals surface area contributed by atoms with Gasteiger partial charge in [-0.05, 0) is 42.2 Å². The molecule has 0 spiro atoms. The van der Waals surface area contributed by atoms with Gasteiger partial charge in [0.2, 0.25) is 17.4 Å². The molecule has 17 heteroatoms. The number of esters is 1. The Morgan fingerprint density at radius 1 is 0.678 bits per heavy atom. The van der Waals surface area contributed by atoms with Crippen LogP contribution in [0.5, 0.6) is 0 Å². The topological polar surface area (TPSA) is 226 Å². The quantitative estimate of drug-likeness (QED) is 0.0539. The number of amides is 8. The maximum atomic E-state index is 13.3. The number of unbranched alkanes of at least 4 members (excludes halogenated alkanes) is 5. The first-order valence-corrected chi connectivity index (χ1v) is 19.8. The molecule has 0 saturated carbocycles. The van der Waals surface area contributed by atoms with Crippen molar-refractivity contribution in [2.45, 2.75) is 70.8 Å². The second kappa shape index (κ2) is 19.8. The van der Waals surface area contributed by atoms with Crippen LogP contribution in [0.4, 0.5) is 21.0 Å². The van der Waals surface area contributed by atoms with Crippen molar-refractivity contribution >= 4 is 53.0 Å². The Hall–Kier alpha value is -6.49. The first kappa shape index (κ1) is 43.6. The molecule has 3 saturated heterocycles. The summed E-state index contributed by atoms with van der Waals surface area (Å²) in [7, 11) is 0. The molecule has 0 radical (unpaired) electrons. The van der Waals surface area contributed by atoms with E-state index in [1.165, 1.54) is 12.1 Å². The molecule has 6 rings (SSSR count). The minimum absolute atomic E-state index is 0.00973. The van der Waals surface area contributed by atoms with Crippen LogP contribution in [0.2, 0.25) is 0 Å². The molecule has 0 aromatic heterocycles. The lowest BCUT2D eigenvalue weighted by molar-refractivity contribution is -0.384. The van der Waals surface area contributed by atoms with E-state index in [1.54, 1.807) is 36.1 Å². The Bertz CT molecular complexity index is 1990. The van der Waals surface area contributed by atoms with Crippen molar-refractivity contribution in [1.29, 1.82) is 0 Å². The number of hydrogen-bond acceptors (Lipinski definition) is 12. The maximum absolute atomic E-state index is 13.3. The van der Waals surface area contributed by atoms with Crippen molar-refractivity contribution in [3.8, 4) is 11.1 Å². The Morgan fingerprint density at radius 2 is 1.20 bits per heavy atom. The highest BCUT2D eigenvalue weighted by atomic mass is 16.6. The second-order valence-electron chi connectivity index (χ2n) is 14.5. The smallest absolute Gasteiger partial charge is 0.328 e. The van der Waals surface area contributed by atoms with Gasteiger partial charge in [0, 0.05) is 44.0 Å². The Labute approximate surface area is 341 Å². The van der Waals surface area contributed by atoms with E-state index in [0.717, 1.165) is 48.9 Å². The molecule has 3 aromatic carbocycles. The van der Waals surface area contributed by atoms with Gasteiger partial charge in [0.25, 0.3) is 17.5 Å². The van der Waals surface area contributed by atoms with E-state index in [0.29, 0.717) is 38.2 Å². The second-order valence-corrected chi connectivity index (χ2v) is 14.5. The van der Waals surface area contributed by atoms with Gasteiger partial charge in [0.05, 0.1) is 18.0 Å². The summed E-state index contributed by atoms with van der Waals surface area (Å²) in [6.45, 7) is 5.63. The molecule has 3 aliphatic rings. The third-order valence-corrected chi connectivity index (χ3v) is 10.7. The number of rotatable bonds is 15. The summed E-state index contributed by atoms with van der Waals surface area (Å²) < 4.78 is 4.87. The zero-order chi connectivity index (χ0) is 42.6. The lowest BCUT2D eigenvalue weighted by Crippen LogP contribution is -2.73. The summed E-state index contributed by atoms with van der Waals surface area (Å²) in [4.78, 5) is 100. The Morgan fingerprint density at radius 3 is 1.75 bits per heavy atom. The number of nitrogens with one attached hydrogen (secondary N) is 4. The van der Waals surface area contributed by atoms with Gasteiger partial charge in [0.1, 0.15) is 5.41 Å². The van der Waals surface area contributed by atoms with Crippen molar-refractivity contribution < 1.29 is 43.2 Å². The van der Waals surface area contributed by atoms with Gasteiger partial charge >= 0.3 is 18.0 Å². The van der Waals surface area contributed by atoms with Gasteiger partial charge in [-0.15, -0.1) is 0 Å². The zero-order valence-electron chi connectivity index (χ0n) is 33.1. The minimum Gasteiger partial charge on any atom is -0.466 e. The van der Waals surface area contributed by atoms with Crippen LogP contribution >= 0.6 is 0 Å². The Balaban J connectivity index is 0.000000250. The molecular weight excluding hydrogens is 763 g/mol. The Kier molecular flexibility index (Phi) is 14.6. The molecule has 8 amide bonds. The van der Waals surface area contributed by atoms with Crippen LogP contribution in [0, 0.1) is 15.5 Å². The molecule has 3 aromatic rings. The molecule has 312 valence electrons. The van der Waals surface area contributed by atoms with Crippen LogP contribution in [0.25, 0.3) is 11.1 Å². The number of non-ortho nitro benzene ring substituents is 1. The number of piperazine rings is 1. The van der Waals surface area contributed by atoms with Gasteiger partial charge < -0.3 is 9.64 Å². The van der Waals surface area contributed by atoms with E-state index in [4.69, 9.17) is 4.74 Å².